The van der Waals surface area contributed by atoms with E-state index in [4.69, 9.17) is 4.74 Å². The van der Waals surface area contributed by atoms with Crippen molar-refractivity contribution < 1.29 is 18.3 Å². The van der Waals surface area contributed by atoms with Crippen molar-refractivity contribution in [1.82, 2.24) is 19.8 Å². The van der Waals surface area contributed by atoms with Gasteiger partial charge < -0.3 is 15.0 Å². The number of rotatable bonds is 5. The number of amides is 2. The second-order valence-electron chi connectivity index (χ2n) is 6.86. The summed E-state index contributed by atoms with van der Waals surface area (Å²) in [5.41, 5.74) is -0.962. The maximum Gasteiger partial charge on any atom is 0.317 e. The molecule has 26 heavy (non-hydrogen) atoms. The Labute approximate surface area is 150 Å². The molecule has 1 unspecified atom stereocenters. The fraction of sp³-hybridized carbons (Fsp3) is 0.706. The summed E-state index contributed by atoms with van der Waals surface area (Å²) in [6.07, 6.45) is 2.10. The Kier molecular flexibility index (Phi) is 6.18. The topological polar surface area (TPSA) is 76.5 Å². The van der Waals surface area contributed by atoms with E-state index in [1.807, 2.05) is 0 Å². The van der Waals surface area contributed by atoms with Gasteiger partial charge in [-0.15, -0.1) is 0 Å². The highest BCUT2D eigenvalue weighted by Gasteiger charge is 2.24. The van der Waals surface area contributed by atoms with Crippen molar-refractivity contribution in [3.05, 3.63) is 28.4 Å². The molecule has 1 aromatic heterocycles. The van der Waals surface area contributed by atoms with Crippen LogP contribution in [0.15, 0.2) is 17.2 Å². The van der Waals surface area contributed by atoms with Crippen LogP contribution in [0.25, 0.3) is 0 Å². The lowest BCUT2D eigenvalue weighted by molar-refractivity contribution is 0.107. The highest BCUT2D eigenvalue weighted by molar-refractivity contribution is 5.74. The van der Waals surface area contributed by atoms with Crippen LogP contribution in [-0.2, 0) is 11.3 Å². The lowest BCUT2D eigenvalue weighted by Gasteiger charge is -2.32. The third kappa shape index (κ3) is 4.78. The molecule has 0 spiro atoms. The van der Waals surface area contributed by atoms with Crippen molar-refractivity contribution in [3.63, 3.8) is 0 Å². The molecule has 2 fully saturated rings. The normalized spacial score (nSPS) is 21.3. The molecule has 0 saturated carbocycles. The molecule has 1 aromatic rings. The summed E-state index contributed by atoms with van der Waals surface area (Å²) in [5.74, 6) is 0.217. The van der Waals surface area contributed by atoms with E-state index >= 15 is 0 Å². The minimum absolute atomic E-state index is 0.0842. The molecule has 0 bridgehead atoms. The molecule has 1 atom stereocenters. The maximum absolute atomic E-state index is 12.6. The Morgan fingerprint density at radius 1 is 1.35 bits per heavy atom. The molecule has 3 heterocycles. The van der Waals surface area contributed by atoms with Crippen LogP contribution in [0.4, 0.5) is 13.6 Å². The fourth-order valence-corrected chi connectivity index (χ4v) is 3.41. The summed E-state index contributed by atoms with van der Waals surface area (Å²) >= 11 is 0. The molecule has 3 rings (SSSR count). The van der Waals surface area contributed by atoms with Crippen molar-refractivity contribution >= 4 is 6.03 Å². The fourth-order valence-electron chi connectivity index (χ4n) is 3.41. The van der Waals surface area contributed by atoms with Crippen LogP contribution in [0.5, 0.6) is 0 Å². The van der Waals surface area contributed by atoms with Gasteiger partial charge in [0.2, 0.25) is 0 Å². The van der Waals surface area contributed by atoms with E-state index in [9.17, 15) is 18.4 Å². The number of urea groups is 1. The zero-order valence-electron chi connectivity index (χ0n) is 14.6. The summed E-state index contributed by atoms with van der Waals surface area (Å²) < 4.78 is 32.0. The first-order chi connectivity index (χ1) is 12.5. The minimum Gasteiger partial charge on any atom is -0.376 e. The van der Waals surface area contributed by atoms with Crippen molar-refractivity contribution in [2.75, 3.05) is 26.2 Å². The zero-order chi connectivity index (χ0) is 18.5. The number of nitrogens with one attached hydrogen (secondary N) is 1. The van der Waals surface area contributed by atoms with Gasteiger partial charge >= 0.3 is 6.03 Å². The minimum atomic E-state index is -2.74. The number of aromatic nitrogens is 2. The average molecular weight is 370 g/mol. The summed E-state index contributed by atoms with van der Waals surface area (Å²) in [6, 6.07) is 0.803. The molecule has 1 N–H and O–H groups in total. The highest BCUT2D eigenvalue weighted by Crippen LogP contribution is 2.19. The second-order valence-corrected chi connectivity index (χ2v) is 6.86. The highest BCUT2D eigenvalue weighted by atomic mass is 19.3. The van der Waals surface area contributed by atoms with Gasteiger partial charge in [0.05, 0.1) is 12.4 Å². The summed E-state index contributed by atoms with van der Waals surface area (Å²) in [4.78, 5) is 29.5. The van der Waals surface area contributed by atoms with E-state index in [0.717, 1.165) is 38.4 Å². The van der Waals surface area contributed by atoms with E-state index in [-0.39, 0.29) is 18.1 Å². The lowest BCUT2D eigenvalue weighted by Crippen LogP contribution is -2.46. The smallest absolute Gasteiger partial charge is 0.317 e. The number of carbonyl (C=O) groups is 1. The van der Waals surface area contributed by atoms with E-state index < -0.39 is 17.7 Å². The van der Waals surface area contributed by atoms with Gasteiger partial charge in [0.25, 0.3) is 12.0 Å². The average Bonchev–Trinajstić information content (AvgIpc) is 3.15. The first kappa shape index (κ1) is 18.8. The van der Waals surface area contributed by atoms with E-state index in [0.29, 0.717) is 26.2 Å². The molecular weight excluding hydrogens is 346 g/mol. The quantitative estimate of drug-likeness (QED) is 0.857. The van der Waals surface area contributed by atoms with Gasteiger partial charge in [-0.05, 0) is 31.6 Å². The molecule has 144 valence electrons. The van der Waals surface area contributed by atoms with Crippen molar-refractivity contribution in [3.8, 4) is 0 Å². The first-order valence-electron chi connectivity index (χ1n) is 9.02. The molecule has 2 saturated heterocycles. The maximum atomic E-state index is 12.6. The number of alkyl halides is 2. The van der Waals surface area contributed by atoms with Crippen molar-refractivity contribution in [2.45, 2.75) is 44.8 Å². The molecule has 2 aliphatic heterocycles. The summed E-state index contributed by atoms with van der Waals surface area (Å²) in [5, 5.41) is 2.91. The SMILES string of the molecule is O=C(NCC1CCCO1)N1CCC(Cn2cnc(C(F)F)cc2=O)CC1. The second kappa shape index (κ2) is 8.57. The molecule has 0 aliphatic carbocycles. The molecule has 0 radical (unpaired) electrons. The van der Waals surface area contributed by atoms with Gasteiger partial charge in [-0.2, -0.15) is 0 Å². The third-order valence-corrected chi connectivity index (χ3v) is 4.99. The van der Waals surface area contributed by atoms with Gasteiger partial charge in [0.1, 0.15) is 5.69 Å². The number of hydrogen-bond donors (Lipinski definition) is 1. The van der Waals surface area contributed by atoms with Crippen LogP contribution in [-0.4, -0.2) is 52.8 Å². The Morgan fingerprint density at radius 3 is 2.73 bits per heavy atom. The van der Waals surface area contributed by atoms with Gasteiger partial charge in [-0.25, -0.2) is 18.6 Å². The van der Waals surface area contributed by atoms with Crippen LogP contribution in [0.3, 0.4) is 0 Å². The van der Waals surface area contributed by atoms with Crippen LogP contribution in [0.1, 0.15) is 37.8 Å². The van der Waals surface area contributed by atoms with Crippen LogP contribution >= 0.6 is 0 Å². The lowest BCUT2D eigenvalue weighted by atomic mass is 9.97. The molecular formula is C17H24F2N4O3. The van der Waals surface area contributed by atoms with Gasteiger partial charge in [0.15, 0.2) is 0 Å². The van der Waals surface area contributed by atoms with Gasteiger partial charge in [0, 0.05) is 38.9 Å². The number of hydrogen-bond acceptors (Lipinski definition) is 4. The molecule has 2 amide bonds. The van der Waals surface area contributed by atoms with E-state index in [1.165, 1.54) is 10.9 Å². The Hall–Kier alpha value is -2.03. The number of ether oxygens (including phenoxy) is 1. The number of nitrogens with zero attached hydrogens (tertiary/aromatic N) is 3. The summed E-state index contributed by atoms with van der Waals surface area (Å²) in [6.45, 7) is 2.95. The summed E-state index contributed by atoms with van der Waals surface area (Å²) in [7, 11) is 0. The standard InChI is InChI=1S/C17H24F2N4O3/c18-16(19)14-8-15(24)23(11-21-14)10-12-3-5-22(6-4-12)17(25)20-9-13-2-1-7-26-13/h8,11-13,16H,1-7,9-10H2,(H,20,25). The van der Waals surface area contributed by atoms with Crippen LogP contribution in [0, 0.1) is 5.92 Å². The molecule has 9 heteroatoms. The first-order valence-corrected chi connectivity index (χ1v) is 9.02. The largest absolute Gasteiger partial charge is 0.376 e. The Morgan fingerprint density at radius 2 is 2.12 bits per heavy atom. The van der Waals surface area contributed by atoms with E-state index in [1.54, 1.807) is 4.90 Å². The van der Waals surface area contributed by atoms with Crippen molar-refractivity contribution in [1.29, 1.82) is 0 Å². The van der Waals surface area contributed by atoms with Crippen molar-refractivity contribution in [2.24, 2.45) is 5.92 Å². The number of piperidine rings is 1. The predicted octanol–water partition coefficient (Wildman–Crippen LogP) is 1.78. The molecule has 0 aromatic carbocycles. The van der Waals surface area contributed by atoms with Gasteiger partial charge in [-0.1, -0.05) is 0 Å². The number of halogens is 2. The Bertz CT molecular complexity index is 668. The van der Waals surface area contributed by atoms with E-state index in [2.05, 4.69) is 10.3 Å². The zero-order valence-corrected chi connectivity index (χ0v) is 14.6. The van der Waals surface area contributed by atoms with Crippen LogP contribution in [0.2, 0.25) is 0 Å². The monoisotopic (exact) mass is 370 g/mol. The van der Waals surface area contributed by atoms with Gasteiger partial charge in [-0.3, -0.25) is 9.36 Å². The third-order valence-electron chi connectivity index (χ3n) is 4.99. The molecule has 7 nitrogen and oxygen atoms in total. The molecule has 2 aliphatic rings. The van der Waals surface area contributed by atoms with Crippen LogP contribution < -0.4 is 10.9 Å². The predicted molar refractivity (Wildman–Crippen MR) is 90.1 cm³/mol. The Balaban J connectivity index is 1.44. The number of carbonyl (C=O) groups excluding carboxylic acids is 1. The number of likely N-dealkylation sites (tertiary alicyclic amines) is 1.